The molecule has 2 heterocycles. The van der Waals surface area contributed by atoms with Crippen molar-refractivity contribution in [3.8, 4) is 5.75 Å². The Morgan fingerprint density at radius 3 is 2.70 bits per heavy atom. The smallest absolute Gasteiger partial charge is 0.243 e. The molecule has 1 atom stereocenters. The van der Waals surface area contributed by atoms with E-state index >= 15 is 0 Å². The van der Waals surface area contributed by atoms with Gasteiger partial charge in [0.15, 0.2) is 5.13 Å². The number of anilines is 1. The highest BCUT2D eigenvalue weighted by atomic mass is 32.2. The monoisotopic (exact) mass is 445 g/mol. The zero-order chi connectivity index (χ0) is 21.3. The highest BCUT2D eigenvalue weighted by Gasteiger charge is 2.33. The van der Waals surface area contributed by atoms with Crippen molar-refractivity contribution in [3.63, 3.8) is 0 Å². The Labute approximate surface area is 179 Å². The number of sulfonamides is 1. The van der Waals surface area contributed by atoms with Gasteiger partial charge in [0.25, 0.3) is 0 Å². The van der Waals surface area contributed by atoms with Crippen LogP contribution < -0.4 is 10.1 Å². The van der Waals surface area contributed by atoms with Crippen LogP contribution in [0.5, 0.6) is 5.75 Å². The predicted molar refractivity (Wildman–Crippen MR) is 117 cm³/mol. The molecular formula is C21H23N3O4S2. The van der Waals surface area contributed by atoms with Gasteiger partial charge in [-0.15, -0.1) is 0 Å². The summed E-state index contributed by atoms with van der Waals surface area (Å²) < 4.78 is 33.5. The molecule has 1 aromatic heterocycles. The van der Waals surface area contributed by atoms with Crippen LogP contribution in [-0.4, -0.2) is 43.8 Å². The van der Waals surface area contributed by atoms with E-state index in [9.17, 15) is 13.2 Å². The Morgan fingerprint density at radius 2 is 2.00 bits per heavy atom. The van der Waals surface area contributed by atoms with Crippen molar-refractivity contribution in [2.45, 2.75) is 24.7 Å². The van der Waals surface area contributed by atoms with Crippen LogP contribution in [0.3, 0.4) is 0 Å². The lowest BCUT2D eigenvalue weighted by Crippen LogP contribution is -2.43. The number of piperidine rings is 1. The fourth-order valence-corrected chi connectivity index (χ4v) is 6.09. The number of fused-ring (bicyclic) bond motifs is 1. The van der Waals surface area contributed by atoms with Gasteiger partial charge in [-0.05, 0) is 55.7 Å². The number of hydrogen-bond acceptors (Lipinski definition) is 6. The molecule has 1 unspecified atom stereocenters. The van der Waals surface area contributed by atoms with Gasteiger partial charge in [-0.25, -0.2) is 13.4 Å². The van der Waals surface area contributed by atoms with Crippen molar-refractivity contribution in [1.29, 1.82) is 0 Å². The second kappa shape index (κ2) is 8.33. The van der Waals surface area contributed by atoms with Gasteiger partial charge in [0.1, 0.15) is 5.75 Å². The van der Waals surface area contributed by atoms with Crippen LogP contribution in [0.4, 0.5) is 5.13 Å². The van der Waals surface area contributed by atoms with Crippen molar-refractivity contribution < 1.29 is 17.9 Å². The molecule has 1 N–H and O–H groups in total. The summed E-state index contributed by atoms with van der Waals surface area (Å²) in [7, 11) is -2.14. The van der Waals surface area contributed by atoms with Crippen molar-refractivity contribution in [1.82, 2.24) is 9.29 Å². The van der Waals surface area contributed by atoms with Crippen LogP contribution in [0.25, 0.3) is 10.2 Å². The number of nitrogens with zero attached hydrogens (tertiary/aromatic N) is 2. The summed E-state index contributed by atoms with van der Waals surface area (Å²) >= 11 is 1.42. The number of nitrogens with one attached hydrogen (secondary N) is 1. The zero-order valence-corrected chi connectivity index (χ0v) is 18.4. The number of carbonyl (C=O) groups excluding carboxylic acids is 1. The van der Waals surface area contributed by atoms with Gasteiger partial charge in [0.05, 0.1) is 28.1 Å². The Hall–Kier alpha value is -2.49. The third kappa shape index (κ3) is 4.05. The molecule has 9 heteroatoms. The molecular weight excluding hydrogens is 422 g/mol. The van der Waals surface area contributed by atoms with Gasteiger partial charge >= 0.3 is 0 Å². The number of hydrogen-bond donors (Lipinski definition) is 1. The predicted octanol–water partition coefficient (Wildman–Crippen LogP) is 3.65. The van der Waals surface area contributed by atoms with Gasteiger partial charge in [0.2, 0.25) is 15.9 Å². The number of benzene rings is 2. The number of ether oxygens (including phenoxy) is 1. The number of aromatic nitrogens is 1. The van der Waals surface area contributed by atoms with Gasteiger partial charge in [-0.2, -0.15) is 4.31 Å². The number of thiazole rings is 1. The normalized spacial score (nSPS) is 17.7. The molecule has 1 saturated heterocycles. The molecule has 30 heavy (non-hydrogen) atoms. The largest absolute Gasteiger partial charge is 0.497 e. The van der Waals surface area contributed by atoms with Crippen LogP contribution in [0.1, 0.15) is 18.4 Å². The highest BCUT2D eigenvalue weighted by Crippen LogP contribution is 2.30. The van der Waals surface area contributed by atoms with Crippen molar-refractivity contribution in [2.75, 3.05) is 25.5 Å². The summed E-state index contributed by atoms with van der Waals surface area (Å²) in [5.74, 6) is -0.0165. The molecule has 1 fully saturated rings. The van der Waals surface area contributed by atoms with Crippen LogP contribution in [0, 0.1) is 12.8 Å². The topological polar surface area (TPSA) is 88.6 Å². The molecule has 2 aromatic carbocycles. The lowest BCUT2D eigenvalue weighted by Gasteiger charge is -2.31. The molecule has 158 valence electrons. The summed E-state index contributed by atoms with van der Waals surface area (Å²) in [5, 5.41) is 3.43. The summed E-state index contributed by atoms with van der Waals surface area (Å²) in [5.41, 5.74) is 1.93. The number of para-hydroxylation sites is 1. The maximum absolute atomic E-state index is 13.0. The third-order valence-electron chi connectivity index (χ3n) is 5.30. The lowest BCUT2D eigenvalue weighted by molar-refractivity contribution is -0.120. The van der Waals surface area contributed by atoms with Gasteiger partial charge in [-0.1, -0.05) is 23.5 Å². The first-order valence-corrected chi connectivity index (χ1v) is 12.0. The molecule has 0 bridgehead atoms. The van der Waals surface area contributed by atoms with Gasteiger partial charge < -0.3 is 10.1 Å². The van der Waals surface area contributed by atoms with E-state index in [1.807, 2.05) is 25.1 Å². The van der Waals surface area contributed by atoms with Crippen molar-refractivity contribution >= 4 is 42.6 Å². The van der Waals surface area contributed by atoms with Crippen molar-refractivity contribution in [3.05, 3.63) is 48.0 Å². The van der Waals surface area contributed by atoms with E-state index in [0.29, 0.717) is 30.3 Å². The molecule has 0 spiro atoms. The minimum atomic E-state index is -3.67. The molecule has 1 amide bonds. The number of carbonyl (C=O) groups is 1. The van der Waals surface area contributed by atoms with Gasteiger partial charge in [-0.3, -0.25) is 4.79 Å². The zero-order valence-electron chi connectivity index (χ0n) is 16.8. The molecule has 4 rings (SSSR count). The van der Waals surface area contributed by atoms with Crippen LogP contribution in [-0.2, 0) is 14.8 Å². The third-order valence-corrected chi connectivity index (χ3v) is 8.12. The number of aryl methyl sites for hydroxylation is 1. The second-order valence-corrected chi connectivity index (χ2v) is 10.3. The van der Waals surface area contributed by atoms with E-state index in [1.54, 1.807) is 12.1 Å². The average Bonchev–Trinajstić information content (AvgIpc) is 3.17. The Morgan fingerprint density at radius 1 is 1.23 bits per heavy atom. The molecule has 3 aromatic rings. The Balaban J connectivity index is 1.48. The fraction of sp³-hybridized carbons (Fsp3) is 0.333. The lowest BCUT2D eigenvalue weighted by atomic mass is 9.99. The van der Waals surface area contributed by atoms with Crippen molar-refractivity contribution in [2.24, 2.45) is 5.92 Å². The minimum absolute atomic E-state index is 0.157. The van der Waals surface area contributed by atoms with E-state index in [4.69, 9.17) is 4.74 Å². The van der Waals surface area contributed by atoms with Crippen LogP contribution >= 0.6 is 11.3 Å². The summed E-state index contributed by atoms with van der Waals surface area (Å²) in [6.07, 6.45) is 1.27. The highest BCUT2D eigenvalue weighted by molar-refractivity contribution is 7.89. The molecule has 0 saturated carbocycles. The first-order valence-electron chi connectivity index (χ1n) is 9.70. The average molecular weight is 446 g/mol. The first kappa shape index (κ1) is 20.8. The van der Waals surface area contributed by atoms with Crippen LogP contribution in [0.2, 0.25) is 0 Å². The SMILES string of the molecule is COc1ccc(S(=O)(=O)N2CCCC(C(=O)Nc3nc4c(C)cccc4s3)C2)cc1. The minimum Gasteiger partial charge on any atom is -0.497 e. The Bertz CT molecular complexity index is 1170. The maximum Gasteiger partial charge on any atom is 0.243 e. The van der Waals surface area contributed by atoms with E-state index in [1.165, 1.54) is 34.9 Å². The Kier molecular flexibility index (Phi) is 5.77. The quantitative estimate of drug-likeness (QED) is 0.648. The molecule has 1 aliphatic heterocycles. The second-order valence-electron chi connectivity index (χ2n) is 7.31. The summed E-state index contributed by atoms with van der Waals surface area (Å²) in [6, 6.07) is 12.2. The molecule has 1 aliphatic rings. The molecule has 0 aliphatic carbocycles. The first-order chi connectivity index (χ1) is 14.4. The van der Waals surface area contributed by atoms with E-state index in [2.05, 4.69) is 10.3 Å². The maximum atomic E-state index is 13.0. The number of rotatable bonds is 5. The summed E-state index contributed by atoms with van der Waals surface area (Å²) in [6.45, 7) is 2.54. The standard InChI is InChI=1S/C21H23N3O4S2/c1-14-5-3-7-18-19(14)22-21(29-18)23-20(25)15-6-4-12-24(13-15)30(26,27)17-10-8-16(28-2)9-11-17/h3,5,7-11,15H,4,6,12-13H2,1-2H3,(H,22,23,25). The summed E-state index contributed by atoms with van der Waals surface area (Å²) in [4.78, 5) is 17.6. The fourth-order valence-electron chi connectivity index (χ4n) is 3.62. The van der Waals surface area contributed by atoms with E-state index in [-0.39, 0.29) is 17.3 Å². The number of amides is 1. The van der Waals surface area contributed by atoms with E-state index in [0.717, 1.165) is 15.8 Å². The molecule has 0 radical (unpaired) electrons. The van der Waals surface area contributed by atoms with Gasteiger partial charge in [0, 0.05) is 13.1 Å². The number of methoxy groups -OCH3 is 1. The molecule has 7 nitrogen and oxygen atoms in total. The van der Waals surface area contributed by atoms with Crippen LogP contribution in [0.15, 0.2) is 47.4 Å². The van der Waals surface area contributed by atoms with E-state index < -0.39 is 15.9 Å².